The van der Waals surface area contributed by atoms with Gasteiger partial charge in [0.1, 0.15) is 5.75 Å². The summed E-state index contributed by atoms with van der Waals surface area (Å²) in [4.78, 5) is 23.7. The minimum atomic E-state index is -0.182. The molecule has 6 nitrogen and oxygen atoms in total. The highest BCUT2D eigenvalue weighted by atomic mass is 79.9. The van der Waals surface area contributed by atoms with Crippen LogP contribution in [-0.2, 0) is 4.79 Å². The van der Waals surface area contributed by atoms with E-state index in [0.717, 1.165) is 17.3 Å². The van der Waals surface area contributed by atoms with Crippen LogP contribution < -0.4 is 10.7 Å². The number of phenols is 1. The second kappa shape index (κ2) is 11.1. The first-order chi connectivity index (χ1) is 13.1. The lowest BCUT2D eigenvalue weighted by molar-refractivity contribution is -0.121. The molecular weight excluding hydrogens is 410 g/mol. The molecule has 0 saturated heterocycles. The molecule has 0 bridgehead atoms. The zero-order valence-corrected chi connectivity index (χ0v) is 16.4. The first-order valence-electron chi connectivity index (χ1n) is 8.70. The molecule has 0 atom stereocenters. The van der Waals surface area contributed by atoms with E-state index in [1.165, 1.54) is 6.21 Å². The summed E-state index contributed by atoms with van der Waals surface area (Å²) in [6.07, 6.45) is 4.10. The molecule has 0 spiro atoms. The van der Waals surface area contributed by atoms with Gasteiger partial charge in [-0.1, -0.05) is 30.7 Å². The Balaban J connectivity index is 1.57. The van der Waals surface area contributed by atoms with E-state index in [0.29, 0.717) is 30.5 Å². The largest absolute Gasteiger partial charge is 0.507 e. The van der Waals surface area contributed by atoms with Crippen molar-refractivity contribution in [2.75, 3.05) is 6.54 Å². The maximum Gasteiger partial charge on any atom is 0.252 e. The molecule has 0 saturated carbocycles. The van der Waals surface area contributed by atoms with Crippen molar-refractivity contribution in [3.05, 3.63) is 64.1 Å². The number of unbranched alkanes of at least 4 members (excludes halogenated alkanes) is 2. The molecule has 0 heterocycles. The monoisotopic (exact) mass is 431 g/mol. The number of rotatable bonds is 9. The van der Waals surface area contributed by atoms with E-state index in [1.807, 2.05) is 18.2 Å². The number of carbonyl (C=O) groups excluding carboxylic acids is 2. The van der Waals surface area contributed by atoms with Crippen molar-refractivity contribution in [2.24, 2.45) is 5.10 Å². The fourth-order valence-electron chi connectivity index (χ4n) is 2.36. The normalized spacial score (nSPS) is 10.7. The molecule has 7 heteroatoms. The molecule has 3 N–H and O–H groups in total. The van der Waals surface area contributed by atoms with Crippen LogP contribution in [0.2, 0.25) is 0 Å². The number of benzene rings is 2. The minimum absolute atomic E-state index is 0.111. The van der Waals surface area contributed by atoms with E-state index in [2.05, 4.69) is 31.8 Å². The minimum Gasteiger partial charge on any atom is -0.507 e. The molecule has 2 amide bonds. The summed E-state index contributed by atoms with van der Waals surface area (Å²) in [5.41, 5.74) is 3.59. The summed E-state index contributed by atoms with van der Waals surface area (Å²) in [6, 6.07) is 14.0. The van der Waals surface area contributed by atoms with Crippen LogP contribution in [0, 0.1) is 0 Å². The van der Waals surface area contributed by atoms with Gasteiger partial charge in [0.25, 0.3) is 5.91 Å². The van der Waals surface area contributed by atoms with Crippen LogP contribution in [0.4, 0.5) is 0 Å². The van der Waals surface area contributed by atoms with Gasteiger partial charge in [0.15, 0.2) is 0 Å². The SMILES string of the molecule is O=C(CCCCCNC(=O)c1ccccc1Br)NN=Cc1ccccc1O. The second-order valence-corrected chi connectivity index (χ2v) is 6.75. The lowest BCUT2D eigenvalue weighted by Crippen LogP contribution is -2.24. The Kier molecular flexibility index (Phi) is 8.51. The predicted molar refractivity (Wildman–Crippen MR) is 109 cm³/mol. The van der Waals surface area contributed by atoms with Crippen LogP contribution >= 0.6 is 15.9 Å². The lowest BCUT2D eigenvalue weighted by atomic mass is 10.2. The van der Waals surface area contributed by atoms with Crippen molar-refractivity contribution < 1.29 is 14.7 Å². The van der Waals surface area contributed by atoms with Gasteiger partial charge < -0.3 is 10.4 Å². The second-order valence-electron chi connectivity index (χ2n) is 5.90. The van der Waals surface area contributed by atoms with Gasteiger partial charge >= 0.3 is 0 Å². The fourth-order valence-corrected chi connectivity index (χ4v) is 2.82. The smallest absolute Gasteiger partial charge is 0.252 e. The number of para-hydroxylation sites is 1. The number of aromatic hydroxyl groups is 1. The summed E-state index contributed by atoms with van der Waals surface area (Å²) < 4.78 is 0.767. The number of nitrogens with one attached hydrogen (secondary N) is 2. The topological polar surface area (TPSA) is 90.8 Å². The van der Waals surface area contributed by atoms with Crippen molar-refractivity contribution in [3.63, 3.8) is 0 Å². The van der Waals surface area contributed by atoms with E-state index in [-0.39, 0.29) is 17.6 Å². The quantitative estimate of drug-likeness (QED) is 0.321. The number of amides is 2. The van der Waals surface area contributed by atoms with Crippen molar-refractivity contribution in [2.45, 2.75) is 25.7 Å². The average Bonchev–Trinajstić information content (AvgIpc) is 2.66. The highest BCUT2D eigenvalue weighted by molar-refractivity contribution is 9.10. The zero-order valence-electron chi connectivity index (χ0n) is 14.8. The molecule has 27 heavy (non-hydrogen) atoms. The van der Waals surface area contributed by atoms with Crippen LogP contribution in [-0.4, -0.2) is 29.7 Å². The molecular formula is C20H22BrN3O3. The Morgan fingerprint density at radius 3 is 2.56 bits per heavy atom. The Labute approximate surface area is 166 Å². The predicted octanol–water partition coefficient (Wildman–Crippen LogP) is 3.60. The molecule has 2 rings (SSSR count). The summed E-state index contributed by atoms with van der Waals surface area (Å²) in [5.74, 6) is -0.183. The third-order valence-electron chi connectivity index (χ3n) is 3.81. The zero-order chi connectivity index (χ0) is 19.5. The van der Waals surface area contributed by atoms with Gasteiger partial charge in [-0.25, -0.2) is 5.43 Å². The summed E-state index contributed by atoms with van der Waals surface area (Å²) in [5, 5.41) is 16.3. The highest BCUT2D eigenvalue weighted by Crippen LogP contribution is 2.15. The molecule has 0 unspecified atom stereocenters. The van der Waals surface area contributed by atoms with Crippen LogP contribution in [0.25, 0.3) is 0 Å². The van der Waals surface area contributed by atoms with Crippen molar-refractivity contribution in [3.8, 4) is 5.75 Å². The van der Waals surface area contributed by atoms with Gasteiger partial charge in [0.05, 0.1) is 11.8 Å². The van der Waals surface area contributed by atoms with Crippen molar-refractivity contribution >= 4 is 34.0 Å². The highest BCUT2D eigenvalue weighted by Gasteiger charge is 2.08. The van der Waals surface area contributed by atoms with E-state index in [1.54, 1.807) is 30.3 Å². The van der Waals surface area contributed by atoms with Crippen LogP contribution in [0.1, 0.15) is 41.6 Å². The van der Waals surface area contributed by atoms with Gasteiger partial charge in [-0.2, -0.15) is 5.10 Å². The molecule has 142 valence electrons. The number of halogens is 1. The Morgan fingerprint density at radius 1 is 1.04 bits per heavy atom. The maximum atomic E-state index is 12.0. The van der Waals surface area contributed by atoms with Crippen molar-refractivity contribution in [1.29, 1.82) is 0 Å². The average molecular weight is 432 g/mol. The maximum absolute atomic E-state index is 12.0. The standard InChI is InChI=1S/C20H22BrN3O3/c21-17-10-5-4-9-16(17)20(27)22-13-7-1-2-12-19(26)24-23-14-15-8-3-6-11-18(15)25/h3-6,8-11,14,25H,1-2,7,12-13H2,(H,22,27)(H,24,26). The molecule has 0 aliphatic rings. The number of hydrazone groups is 1. The molecule has 2 aromatic carbocycles. The third-order valence-corrected chi connectivity index (χ3v) is 4.51. The number of phenolic OH excluding ortho intramolecular Hbond substituents is 1. The number of carbonyl (C=O) groups is 2. The van der Waals surface area contributed by atoms with Gasteiger partial charge in [-0.3, -0.25) is 9.59 Å². The van der Waals surface area contributed by atoms with Crippen LogP contribution in [0.5, 0.6) is 5.75 Å². The molecule has 0 aliphatic carbocycles. The molecule has 0 fully saturated rings. The Hall–Kier alpha value is -2.67. The van der Waals surface area contributed by atoms with Gasteiger partial charge in [0.2, 0.25) is 5.91 Å². The summed E-state index contributed by atoms with van der Waals surface area (Å²) >= 11 is 3.36. The molecule has 0 aliphatic heterocycles. The van der Waals surface area contributed by atoms with Gasteiger partial charge in [0, 0.05) is 23.0 Å². The van der Waals surface area contributed by atoms with Gasteiger partial charge in [-0.05, 0) is 53.0 Å². The Morgan fingerprint density at radius 2 is 1.78 bits per heavy atom. The lowest BCUT2D eigenvalue weighted by Gasteiger charge is -2.06. The number of hydrogen-bond donors (Lipinski definition) is 3. The van der Waals surface area contributed by atoms with Crippen LogP contribution in [0.15, 0.2) is 58.1 Å². The first kappa shape index (κ1) is 20.6. The molecule has 2 aromatic rings. The van der Waals surface area contributed by atoms with Gasteiger partial charge in [-0.15, -0.1) is 0 Å². The van der Waals surface area contributed by atoms with E-state index in [9.17, 15) is 14.7 Å². The third kappa shape index (κ3) is 7.22. The van der Waals surface area contributed by atoms with Crippen molar-refractivity contribution in [1.82, 2.24) is 10.7 Å². The van der Waals surface area contributed by atoms with E-state index in [4.69, 9.17) is 0 Å². The van der Waals surface area contributed by atoms with E-state index < -0.39 is 0 Å². The van der Waals surface area contributed by atoms with E-state index >= 15 is 0 Å². The fraction of sp³-hybridized carbons (Fsp3) is 0.250. The first-order valence-corrected chi connectivity index (χ1v) is 9.50. The number of hydrogen-bond acceptors (Lipinski definition) is 4. The summed E-state index contributed by atoms with van der Waals surface area (Å²) in [6.45, 7) is 0.563. The molecule has 0 aromatic heterocycles. The van der Waals surface area contributed by atoms with Crippen LogP contribution in [0.3, 0.4) is 0 Å². The Bertz CT molecular complexity index is 809. The number of nitrogens with zero attached hydrogens (tertiary/aromatic N) is 1. The summed E-state index contributed by atoms with van der Waals surface area (Å²) in [7, 11) is 0. The molecule has 0 radical (unpaired) electrons.